The minimum Gasteiger partial charge on any atom is -0.445 e. The van der Waals surface area contributed by atoms with Crippen molar-refractivity contribution in [2.24, 2.45) is 0 Å². The van der Waals surface area contributed by atoms with E-state index in [2.05, 4.69) is 21.2 Å². The quantitative estimate of drug-likeness (QED) is 0.744. The number of nitrogens with one attached hydrogen (secondary N) is 1. The lowest BCUT2D eigenvalue weighted by Crippen LogP contribution is -2.37. The van der Waals surface area contributed by atoms with Crippen molar-refractivity contribution in [2.45, 2.75) is 25.9 Å². The summed E-state index contributed by atoms with van der Waals surface area (Å²) in [5.41, 5.74) is 1.63. The highest BCUT2D eigenvalue weighted by atomic mass is 79.9. The van der Waals surface area contributed by atoms with Crippen LogP contribution in [-0.2, 0) is 16.8 Å². The summed E-state index contributed by atoms with van der Waals surface area (Å²) in [5, 5.41) is 3.47. The molecule has 23 heavy (non-hydrogen) atoms. The fourth-order valence-electron chi connectivity index (χ4n) is 2.20. The maximum absolute atomic E-state index is 11.9. The number of ether oxygens (including phenoxy) is 1. The predicted molar refractivity (Wildman–Crippen MR) is 96.8 cm³/mol. The van der Waals surface area contributed by atoms with Gasteiger partial charge in [-0.15, -0.1) is 0 Å². The van der Waals surface area contributed by atoms with Crippen LogP contribution in [0.1, 0.15) is 25.0 Å². The Labute approximate surface area is 150 Å². The van der Waals surface area contributed by atoms with Gasteiger partial charge in [0.05, 0.1) is 0 Å². The van der Waals surface area contributed by atoms with Crippen molar-refractivity contribution in [1.82, 2.24) is 5.32 Å². The highest BCUT2D eigenvalue weighted by Gasteiger charge is 2.24. The zero-order chi connectivity index (χ0) is 16.9. The zero-order valence-corrected chi connectivity index (χ0v) is 15.4. The van der Waals surface area contributed by atoms with Crippen molar-refractivity contribution >= 4 is 33.6 Å². The van der Waals surface area contributed by atoms with Gasteiger partial charge in [0, 0.05) is 21.5 Å². The number of amides is 1. The number of benzene rings is 2. The molecule has 0 spiro atoms. The molecule has 122 valence electrons. The lowest BCUT2D eigenvalue weighted by atomic mass is 9.84. The summed E-state index contributed by atoms with van der Waals surface area (Å²) < 4.78 is 6.15. The van der Waals surface area contributed by atoms with Gasteiger partial charge < -0.3 is 10.1 Å². The van der Waals surface area contributed by atoms with E-state index in [-0.39, 0.29) is 12.0 Å². The Morgan fingerprint density at radius 1 is 1.22 bits per heavy atom. The van der Waals surface area contributed by atoms with E-state index >= 15 is 0 Å². The van der Waals surface area contributed by atoms with E-state index in [0.717, 1.165) is 15.6 Å². The highest BCUT2D eigenvalue weighted by molar-refractivity contribution is 9.10. The Hall–Kier alpha value is -1.52. The van der Waals surface area contributed by atoms with Gasteiger partial charge in [0.2, 0.25) is 0 Å². The maximum atomic E-state index is 11.9. The second kappa shape index (κ2) is 7.84. The molecule has 0 bridgehead atoms. The minimum absolute atomic E-state index is 0.256. The summed E-state index contributed by atoms with van der Waals surface area (Å²) in [5.74, 6) is 0. The summed E-state index contributed by atoms with van der Waals surface area (Å²) in [6, 6.07) is 15.3. The molecule has 5 heteroatoms. The van der Waals surface area contributed by atoms with E-state index in [0.29, 0.717) is 11.6 Å². The molecule has 2 aromatic rings. The molecular weight excluding hydrogens is 378 g/mol. The number of carbonyl (C=O) groups excluding carboxylic acids is 1. The Morgan fingerprint density at radius 2 is 1.91 bits per heavy atom. The van der Waals surface area contributed by atoms with Crippen LogP contribution in [0.25, 0.3) is 0 Å². The molecule has 2 rings (SSSR count). The Balaban J connectivity index is 1.89. The lowest BCUT2D eigenvalue weighted by molar-refractivity contribution is 0.137. The first kappa shape index (κ1) is 17.8. The van der Waals surface area contributed by atoms with Crippen molar-refractivity contribution < 1.29 is 9.53 Å². The number of hydrogen-bond donors (Lipinski definition) is 1. The predicted octanol–water partition coefficient (Wildman–Crippen LogP) is 5.31. The smallest absolute Gasteiger partial charge is 0.407 e. The molecule has 0 fully saturated rings. The number of rotatable bonds is 5. The van der Waals surface area contributed by atoms with Gasteiger partial charge in [-0.25, -0.2) is 4.79 Å². The van der Waals surface area contributed by atoms with E-state index in [1.807, 2.05) is 62.4 Å². The second-order valence-corrected chi connectivity index (χ2v) is 7.25. The molecule has 3 nitrogen and oxygen atoms in total. The van der Waals surface area contributed by atoms with Crippen LogP contribution >= 0.6 is 27.5 Å². The van der Waals surface area contributed by atoms with Crippen molar-refractivity contribution in [3.63, 3.8) is 0 Å². The van der Waals surface area contributed by atoms with E-state index in [9.17, 15) is 4.79 Å². The topological polar surface area (TPSA) is 38.3 Å². The van der Waals surface area contributed by atoms with Crippen LogP contribution in [0.3, 0.4) is 0 Å². The normalized spacial score (nSPS) is 11.1. The van der Waals surface area contributed by atoms with Gasteiger partial charge in [0.1, 0.15) is 6.61 Å². The molecule has 0 heterocycles. The van der Waals surface area contributed by atoms with Crippen LogP contribution in [0.4, 0.5) is 4.79 Å². The van der Waals surface area contributed by atoms with Crippen LogP contribution < -0.4 is 5.32 Å². The minimum atomic E-state index is -0.435. The second-order valence-electron chi connectivity index (χ2n) is 5.92. The van der Waals surface area contributed by atoms with Gasteiger partial charge in [0.15, 0.2) is 0 Å². The highest BCUT2D eigenvalue weighted by Crippen LogP contribution is 2.31. The molecule has 0 atom stereocenters. The first-order valence-corrected chi connectivity index (χ1v) is 8.46. The molecule has 0 unspecified atom stereocenters. The molecule has 1 N–H and O–H groups in total. The number of halogens is 2. The monoisotopic (exact) mass is 395 g/mol. The zero-order valence-electron chi connectivity index (χ0n) is 13.1. The van der Waals surface area contributed by atoms with Crippen molar-refractivity contribution in [3.8, 4) is 0 Å². The molecule has 0 radical (unpaired) electrons. The first-order valence-electron chi connectivity index (χ1n) is 7.28. The summed E-state index contributed by atoms with van der Waals surface area (Å²) in [6.45, 7) is 4.74. The molecule has 0 saturated heterocycles. The molecule has 0 aliphatic heterocycles. The molecule has 0 aliphatic carbocycles. The summed E-state index contributed by atoms with van der Waals surface area (Å²) in [7, 11) is 0. The average Bonchev–Trinajstić information content (AvgIpc) is 2.51. The lowest BCUT2D eigenvalue weighted by Gasteiger charge is -2.26. The van der Waals surface area contributed by atoms with Gasteiger partial charge in [0.25, 0.3) is 0 Å². The van der Waals surface area contributed by atoms with E-state index in [1.54, 1.807) is 0 Å². The van der Waals surface area contributed by atoms with Gasteiger partial charge in [-0.05, 0) is 23.3 Å². The van der Waals surface area contributed by atoms with Crippen molar-refractivity contribution in [1.29, 1.82) is 0 Å². The van der Waals surface area contributed by atoms with Gasteiger partial charge in [-0.3, -0.25) is 0 Å². The molecule has 0 aliphatic rings. The third-order valence-corrected chi connectivity index (χ3v) is 4.35. The van der Waals surface area contributed by atoms with Gasteiger partial charge >= 0.3 is 6.09 Å². The molecule has 0 aromatic heterocycles. The summed E-state index contributed by atoms with van der Waals surface area (Å²) >= 11 is 9.69. The molecule has 0 saturated carbocycles. The van der Waals surface area contributed by atoms with Crippen LogP contribution in [0.5, 0.6) is 0 Å². The Bertz CT molecular complexity index is 674. The molecule has 1 amide bonds. The number of alkyl carbamates (subject to hydrolysis) is 1. The van der Waals surface area contributed by atoms with Gasteiger partial charge in [-0.1, -0.05) is 77.8 Å². The van der Waals surface area contributed by atoms with E-state index in [4.69, 9.17) is 16.3 Å². The number of carbonyl (C=O) groups is 1. The van der Waals surface area contributed by atoms with Crippen molar-refractivity contribution in [3.05, 3.63) is 69.2 Å². The van der Waals surface area contributed by atoms with E-state index in [1.165, 1.54) is 0 Å². The third-order valence-electron chi connectivity index (χ3n) is 3.55. The van der Waals surface area contributed by atoms with E-state index < -0.39 is 6.09 Å². The van der Waals surface area contributed by atoms with Crippen LogP contribution in [0.15, 0.2) is 53.0 Å². The van der Waals surface area contributed by atoms with Crippen LogP contribution in [0, 0.1) is 0 Å². The third kappa shape index (κ3) is 5.26. The molecular formula is C18H19BrClNO2. The van der Waals surface area contributed by atoms with Gasteiger partial charge in [-0.2, -0.15) is 0 Å². The van der Waals surface area contributed by atoms with Crippen LogP contribution in [0.2, 0.25) is 5.02 Å². The Morgan fingerprint density at radius 3 is 2.57 bits per heavy atom. The first-order chi connectivity index (χ1) is 10.9. The fourth-order valence-corrected chi connectivity index (χ4v) is 3.13. The standard InChI is InChI=1S/C18H19BrClNO2/c1-18(2,15-9-8-14(19)10-16(15)20)12-21-17(22)23-11-13-6-4-3-5-7-13/h3-10H,11-12H2,1-2H3,(H,21,22). The fraction of sp³-hybridized carbons (Fsp3) is 0.278. The summed E-state index contributed by atoms with van der Waals surface area (Å²) in [6.07, 6.45) is -0.435. The summed E-state index contributed by atoms with van der Waals surface area (Å²) in [4.78, 5) is 11.9. The average molecular weight is 397 g/mol. The van der Waals surface area contributed by atoms with Crippen molar-refractivity contribution in [2.75, 3.05) is 6.54 Å². The molecule has 2 aromatic carbocycles. The van der Waals surface area contributed by atoms with Crippen LogP contribution in [-0.4, -0.2) is 12.6 Å². The SMILES string of the molecule is CC(C)(CNC(=O)OCc1ccccc1)c1ccc(Br)cc1Cl. The Kier molecular flexibility index (Phi) is 6.08. The maximum Gasteiger partial charge on any atom is 0.407 e. The number of hydrogen-bond acceptors (Lipinski definition) is 2. The largest absolute Gasteiger partial charge is 0.445 e.